The van der Waals surface area contributed by atoms with Crippen molar-refractivity contribution in [2.75, 3.05) is 0 Å². The molecule has 0 atom stereocenters. The third-order valence-corrected chi connectivity index (χ3v) is 3.35. The maximum absolute atomic E-state index is 10.7. The summed E-state index contributed by atoms with van der Waals surface area (Å²) >= 11 is 1.35. The van der Waals surface area contributed by atoms with Gasteiger partial charge in [0, 0.05) is 12.4 Å². The van der Waals surface area contributed by atoms with Crippen molar-refractivity contribution in [2.45, 2.75) is 10.1 Å². The first-order chi connectivity index (χ1) is 8.74. The largest absolute Gasteiger partial charge is 0.475 e. The molecule has 5 nitrogen and oxygen atoms in total. The summed E-state index contributed by atoms with van der Waals surface area (Å²) < 4.78 is 7.11. The Morgan fingerprint density at radius 2 is 2.22 bits per heavy atom. The van der Waals surface area contributed by atoms with Crippen LogP contribution in [0.25, 0.3) is 5.65 Å². The van der Waals surface area contributed by atoms with E-state index in [2.05, 4.69) is 4.98 Å². The van der Waals surface area contributed by atoms with Crippen LogP contribution in [-0.2, 0) is 0 Å². The summed E-state index contributed by atoms with van der Waals surface area (Å²) in [5, 5.41) is 10.2. The molecule has 0 saturated carbocycles. The summed E-state index contributed by atoms with van der Waals surface area (Å²) in [6.07, 6.45) is 3.56. The normalized spacial score (nSPS) is 10.9. The minimum absolute atomic E-state index is 0.0599. The van der Waals surface area contributed by atoms with Crippen LogP contribution in [0, 0.1) is 0 Å². The van der Waals surface area contributed by atoms with Crippen LogP contribution in [0.15, 0.2) is 57.3 Å². The summed E-state index contributed by atoms with van der Waals surface area (Å²) in [5.41, 5.74) is 0.838. The number of carboxylic acid groups (broad SMARTS) is 1. The van der Waals surface area contributed by atoms with E-state index in [9.17, 15) is 4.79 Å². The van der Waals surface area contributed by atoms with Gasteiger partial charge in [-0.3, -0.25) is 4.40 Å². The maximum Gasteiger partial charge on any atom is 0.371 e. The zero-order valence-electron chi connectivity index (χ0n) is 9.11. The van der Waals surface area contributed by atoms with Gasteiger partial charge in [0.05, 0.1) is 5.03 Å². The standard InChI is InChI=1S/C12H8N2O3S/c15-12(16)8-4-5-11(17-8)18-10-3-1-2-9-13-6-7-14(9)10/h1-7H,(H,15,16). The third kappa shape index (κ3) is 1.86. The van der Waals surface area contributed by atoms with Crippen LogP contribution in [0.5, 0.6) is 0 Å². The average molecular weight is 260 g/mol. The highest BCUT2D eigenvalue weighted by molar-refractivity contribution is 7.99. The molecule has 0 radical (unpaired) electrons. The molecule has 3 heterocycles. The minimum Gasteiger partial charge on any atom is -0.475 e. The highest BCUT2D eigenvalue weighted by Crippen LogP contribution is 2.29. The van der Waals surface area contributed by atoms with E-state index in [1.165, 1.54) is 17.8 Å². The lowest BCUT2D eigenvalue weighted by Crippen LogP contribution is -1.91. The lowest BCUT2D eigenvalue weighted by atomic mass is 10.5. The van der Waals surface area contributed by atoms with Crippen molar-refractivity contribution in [1.29, 1.82) is 0 Å². The van der Waals surface area contributed by atoms with Crippen molar-refractivity contribution in [2.24, 2.45) is 0 Å². The van der Waals surface area contributed by atoms with E-state index >= 15 is 0 Å². The van der Waals surface area contributed by atoms with Crippen LogP contribution in [0.3, 0.4) is 0 Å². The van der Waals surface area contributed by atoms with Crippen LogP contribution in [0.2, 0.25) is 0 Å². The van der Waals surface area contributed by atoms with E-state index in [1.807, 2.05) is 28.8 Å². The van der Waals surface area contributed by atoms with Crippen LogP contribution in [0.1, 0.15) is 10.6 Å². The van der Waals surface area contributed by atoms with E-state index < -0.39 is 5.97 Å². The molecule has 1 N–H and O–H groups in total. The number of rotatable bonds is 3. The molecule has 0 saturated heterocycles. The molecule has 3 aromatic heterocycles. The van der Waals surface area contributed by atoms with Gasteiger partial charge in [0.25, 0.3) is 0 Å². The second kappa shape index (κ2) is 4.23. The van der Waals surface area contributed by atoms with E-state index in [4.69, 9.17) is 9.52 Å². The van der Waals surface area contributed by atoms with Crippen molar-refractivity contribution >= 4 is 23.4 Å². The molecule has 90 valence electrons. The summed E-state index contributed by atoms with van der Waals surface area (Å²) in [5.74, 6) is -1.13. The Bertz CT molecular complexity index is 717. The quantitative estimate of drug-likeness (QED) is 0.784. The Kier molecular flexibility index (Phi) is 2.56. The molecule has 0 spiro atoms. The Morgan fingerprint density at radius 3 is 3.00 bits per heavy atom. The highest BCUT2D eigenvalue weighted by Gasteiger charge is 2.11. The molecule has 0 aliphatic rings. The van der Waals surface area contributed by atoms with Crippen molar-refractivity contribution < 1.29 is 14.3 Å². The molecule has 18 heavy (non-hydrogen) atoms. The number of imidazole rings is 1. The Balaban J connectivity index is 1.96. The number of pyridine rings is 1. The topological polar surface area (TPSA) is 67.7 Å². The molecule has 0 unspecified atom stereocenters. The van der Waals surface area contributed by atoms with Crippen LogP contribution in [-0.4, -0.2) is 20.5 Å². The van der Waals surface area contributed by atoms with Gasteiger partial charge in [-0.1, -0.05) is 6.07 Å². The zero-order valence-corrected chi connectivity index (χ0v) is 9.92. The molecular weight excluding hydrogens is 252 g/mol. The van der Waals surface area contributed by atoms with Gasteiger partial charge in [0.2, 0.25) is 5.76 Å². The predicted octanol–water partition coefficient (Wildman–Crippen LogP) is 2.78. The summed E-state index contributed by atoms with van der Waals surface area (Å²) in [6.45, 7) is 0. The van der Waals surface area contributed by atoms with Gasteiger partial charge in [-0.2, -0.15) is 0 Å². The van der Waals surface area contributed by atoms with E-state index in [0.717, 1.165) is 10.7 Å². The van der Waals surface area contributed by atoms with Crippen LogP contribution < -0.4 is 0 Å². The molecule has 0 aliphatic heterocycles. The minimum atomic E-state index is -1.07. The van der Waals surface area contributed by atoms with E-state index in [0.29, 0.717) is 5.09 Å². The number of hydrogen-bond donors (Lipinski definition) is 1. The Morgan fingerprint density at radius 1 is 1.33 bits per heavy atom. The lowest BCUT2D eigenvalue weighted by molar-refractivity contribution is 0.0656. The first-order valence-electron chi connectivity index (χ1n) is 5.17. The summed E-state index contributed by atoms with van der Waals surface area (Å²) in [7, 11) is 0. The molecule has 0 fully saturated rings. The highest BCUT2D eigenvalue weighted by atomic mass is 32.2. The van der Waals surface area contributed by atoms with Gasteiger partial charge in [0.15, 0.2) is 5.09 Å². The van der Waals surface area contributed by atoms with Crippen molar-refractivity contribution in [3.05, 3.63) is 48.5 Å². The molecule has 0 aliphatic carbocycles. The molecule has 0 bridgehead atoms. The number of carboxylic acids is 1. The fourth-order valence-electron chi connectivity index (χ4n) is 1.60. The first-order valence-corrected chi connectivity index (χ1v) is 5.99. The average Bonchev–Trinajstić information content (AvgIpc) is 2.97. The van der Waals surface area contributed by atoms with Gasteiger partial charge in [-0.25, -0.2) is 9.78 Å². The van der Waals surface area contributed by atoms with Gasteiger partial charge in [-0.05, 0) is 36.0 Å². The molecule has 6 heteroatoms. The third-order valence-electron chi connectivity index (χ3n) is 2.39. The number of aromatic nitrogens is 2. The van der Waals surface area contributed by atoms with Crippen LogP contribution >= 0.6 is 11.8 Å². The van der Waals surface area contributed by atoms with Gasteiger partial charge >= 0.3 is 5.97 Å². The first kappa shape index (κ1) is 10.9. The van der Waals surface area contributed by atoms with Gasteiger partial charge in [0.1, 0.15) is 5.65 Å². The predicted molar refractivity (Wildman–Crippen MR) is 65.0 cm³/mol. The second-order valence-electron chi connectivity index (χ2n) is 3.55. The van der Waals surface area contributed by atoms with E-state index in [1.54, 1.807) is 12.3 Å². The number of fused-ring (bicyclic) bond motifs is 1. The van der Waals surface area contributed by atoms with Crippen LogP contribution in [0.4, 0.5) is 0 Å². The Hall–Kier alpha value is -2.21. The molecular formula is C12H8N2O3S. The van der Waals surface area contributed by atoms with Gasteiger partial charge < -0.3 is 9.52 Å². The van der Waals surface area contributed by atoms with E-state index in [-0.39, 0.29) is 5.76 Å². The van der Waals surface area contributed by atoms with Crippen molar-refractivity contribution in [3.63, 3.8) is 0 Å². The second-order valence-corrected chi connectivity index (χ2v) is 4.57. The maximum atomic E-state index is 10.7. The fourth-order valence-corrected chi connectivity index (χ4v) is 2.47. The number of aromatic carboxylic acids is 1. The SMILES string of the molecule is O=C(O)c1ccc(Sc2cccc3nccn23)o1. The summed E-state index contributed by atoms with van der Waals surface area (Å²) in [6, 6.07) is 8.80. The van der Waals surface area contributed by atoms with Crippen molar-refractivity contribution in [1.82, 2.24) is 9.38 Å². The molecule has 3 aromatic rings. The molecule has 0 aromatic carbocycles. The molecule has 3 rings (SSSR count). The number of nitrogens with zero attached hydrogens (tertiary/aromatic N) is 2. The fraction of sp³-hybridized carbons (Fsp3) is 0. The Labute approximate surface area is 106 Å². The molecule has 0 amide bonds. The number of hydrogen-bond acceptors (Lipinski definition) is 4. The summed E-state index contributed by atoms with van der Waals surface area (Å²) in [4.78, 5) is 14.9. The monoisotopic (exact) mass is 260 g/mol. The zero-order chi connectivity index (χ0) is 12.5. The smallest absolute Gasteiger partial charge is 0.371 e. The lowest BCUT2D eigenvalue weighted by Gasteiger charge is -2.01. The van der Waals surface area contributed by atoms with Gasteiger partial charge in [-0.15, -0.1) is 0 Å². The van der Waals surface area contributed by atoms with Crippen molar-refractivity contribution in [3.8, 4) is 0 Å². The number of furan rings is 1. The number of carbonyl (C=O) groups is 1.